The number of hydrogen-bond donors (Lipinski definition) is 5. The standard InChI is InChI=1S/C26H22F5N7O3.ClH/c27-17-9-13(1-3-16(17)25(41)38-7-5-32-6-8-38)11-34-24(40)23-33-12-19(35-23)20-21(36-37-22(20)26(29,30)31)15-4-2-14(39)10-18(15)28;/h1-4,9-10,12,32,39H,5-8,11H2,(H,33,35)(H,34,40)(H,36,37);1H. The summed E-state index contributed by atoms with van der Waals surface area (Å²) in [6.45, 7) is 1.96. The molecule has 5 N–H and O–H groups in total. The van der Waals surface area contributed by atoms with Crippen LogP contribution in [0.5, 0.6) is 5.75 Å². The molecule has 2 aromatic heterocycles. The van der Waals surface area contributed by atoms with Gasteiger partial charge in [0.2, 0.25) is 0 Å². The van der Waals surface area contributed by atoms with Gasteiger partial charge in [0.15, 0.2) is 5.82 Å². The fraction of sp³-hybridized carbons (Fsp3) is 0.231. The lowest BCUT2D eigenvalue weighted by Gasteiger charge is -2.27. The van der Waals surface area contributed by atoms with E-state index in [0.717, 1.165) is 30.5 Å². The van der Waals surface area contributed by atoms with E-state index in [1.807, 2.05) is 5.10 Å². The van der Waals surface area contributed by atoms with Gasteiger partial charge in [-0.1, -0.05) is 6.07 Å². The van der Waals surface area contributed by atoms with Crippen LogP contribution in [0.2, 0.25) is 0 Å². The van der Waals surface area contributed by atoms with Crippen LogP contribution >= 0.6 is 12.4 Å². The van der Waals surface area contributed by atoms with E-state index in [9.17, 15) is 36.6 Å². The Bertz CT molecular complexity index is 1620. The predicted octanol–water partition coefficient (Wildman–Crippen LogP) is 3.87. The van der Waals surface area contributed by atoms with Crippen LogP contribution in [0.15, 0.2) is 42.6 Å². The topological polar surface area (TPSA) is 139 Å². The highest BCUT2D eigenvalue weighted by Crippen LogP contribution is 2.41. The van der Waals surface area contributed by atoms with Crippen LogP contribution in [0.3, 0.4) is 0 Å². The summed E-state index contributed by atoms with van der Waals surface area (Å²) in [5.41, 5.74) is -2.68. The number of phenols is 1. The Morgan fingerprint density at radius 2 is 1.79 bits per heavy atom. The molecule has 10 nitrogen and oxygen atoms in total. The number of nitrogens with one attached hydrogen (secondary N) is 4. The zero-order valence-corrected chi connectivity index (χ0v) is 22.3. The number of phenolic OH excluding ortho intramolecular Hbond substituents is 1. The van der Waals surface area contributed by atoms with Gasteiger partial charge in [0, 0.05) is 44.4 Å². The number of halogens is 6. The molecule has 1 aliphatic heterocycles. The number of alkyl halides is 3. The Morgan fingerprint density at radius 1 is 1.05 bits per heavy atom. The number of aromatic nitrogens is 4. The lowest BCUT2D eigenvalue weighted by molar-refractivity contribution is -0.140. The molecule has 0 radical (unpaired) electrons. The molecular weight excluding hydrogens is 589 g/mol. The van der Waals surface area contributed by atoms with Crippen molar-refractivity contribution in [1.29, 1.82) is 0 Å². The number of carbonyl (C=O) groups excluding carboxylic acids is 2. The van der Waals surface area contributed by atoms with Crippen molar-refractivity contribution >= 4 is 24.2 Å². The summed E-state index contributed by atoms with van der Waals surface area (Å²) in [6, 6.07) is 6.80. The van der Waals surface area contributed by atoms with E-state index in [2.05, 4.69) is 25.7 Å². The highest BCUT2D eigenvalue weighted by atomic mass is 35.5. The van der Waals surface area contributed by atoms with E-state index >= 15 is 0 Å². The number of aromatic amines is 2. The van der Waals surface area contributed by atoms with E-state index in [0.29, 0.717) is 31.7 Å². The SMILES string of the molecule is Cl.O=C(NCc1ccc(C(=O)N2CCNCC2)c(F)c1)c1ncc(-c2c(-c3ccc(O)cc3F)n[nH]c2C(F)(F)F)[nH]1. The molecule has 0 spiro atoms. The number of piperazine rings is 1. The number of aromatic hydroxyl groups is 1. The van der Waals surface area contributed by atoms with Crippen LogP contribution in [0.25, 0.3) is 22.5 Å². The van der Waals surface area contributed by atoms with Crippen molar-refractivity contribution in [2.75, 3.05) is 26.2 Å². The molecule has 2 aromatic carbocycles. The highest BCUT2D eigenvalue weighted by molar-refractivity contribution is 5.95. The van der Waals surface area contributed by atoms with Crippen molar-refractivity contribution < 1.29 is 36.6 Å². The maximum absolute atomic E-state index is 14.7. The Hall–Kier alpha value is -4.50. The third kappa shape index (κ3) is 6.21. The van der Waals surface area contributed by atoms with Gasteiger partial charge >= 0.3 is 6.18 Å². The summed E-state index contributed by atoms with van der Waals surface area (Å²) in [6.07, 6.45) is -3.95. The van der Waals surface area contributed by atoms with Gasteiger partial charge < -0.3 is 25.6 Å². The van der Waals surface area contributed by atoms with Crippen LogP contribution in [0, 0.1) is 11.6 Å². The normalized spacial score (nSPS) is 13.5. The molecule has 222 valence electrons. The lowest BCUT2D eigenvalue weighted by Crippen LogP contribution is -2.46. The van der Waals surface area contributed by atoms with Gasteiger partial charge in [-0.2, -0.15) is 18.3 Å². The Balaban J connectivity index is 0.00000405. The fourth-order valence-electron chi connectivity index (χ4n) is 4.41. The zero-order chi connectivity index (χ0) is 29.3. The summed E-state index contributed by atoms with van der Waals surface area (Å²) in [4.78, 5) is 33.2. The van der Waals surface area contributed by atoms with Crippen LogP contribution in [-0.2, 0) is 12.7 Å². The fourth-order valence-corrected chi connectivity index (χ4v) is 4.41. The van der Waals surface area contributed by atoms with Gasteiger partial charge in [-0.15, -0.1) is 12.4 Å². The first kappa shape index (κ1) is 30.5. The monoisotopic (exact) mass is 611 g/mol. The summed E-state index contributed by atoms with van der Waals surface area (Å²) in [5, 5.41) is 20.5. The molecule has 0 atom stereocenters. The first-order valence-corrected chi connectivity index (χ1v) is 12.3. The molecule has 0 bridgehead atoms. The summed E-state index contributed by atoms with van der Waals surface area (Å²) in [5.74, 6) is -3.82. The molecule has 2 amide bonds. The van der Waals surface area contributed by atoms with Crippen LogP contribution in [0.4, 0.5) is 22.0 Å². The number of amides is 2. The van der Waals surface area contributed by atoms with Gasteiger partial charge in [0.1, 0.15) is 28.8 Å². The van der Waals surface area contributed by atoms with Crippen LogP contribution < -0.4 is 10.6 Å². The third-order valence-corrected chi connectivity index (χ3v) is 6.44. The third-order valence-electron chi connectivity index (χ3n) is 6.44. The van der Waals surface area contributed by atoms with Gasteiger partial charge in [0.25, 0.3) is 11.8 Å². The second kappa shape index (κ2) is 12.2. The Labute approximate surface area is 240 Å². The van der Waals surface area contributed by atoms with E-state index in [1.165, 1.54) is 17.0 Å². The summed E-state index contributed by atoms with van der Waals surface area (Å²) < 4.78 is 70.4. The second-order valence-electron chi connectivity index (χ2n) is 9.17. The largest absolute Gasteiger partial charge is 0.508 e. The molecule has 5 rings (SSSR count). The van der Waals surface area contributed by atoms with Gasteiger partial charge in [-0.05, 0) is 29.8 Å². The maximum atomic E-state index is 14.7. The average molecular weight is 612 g/mol. The first-order valence-electron chi connectivity index (χ1n) is 12.3. The number of carbonyl (C=O) groups is 2. The van der Waals surface area contributed by atoms with Crippen molar-refractivity contribution in [1.82, 2.24) is 35.7 Å². The Morgan fingerprint density at radius 3 is 2.45 bits per heavy atom. The van der Waals surface area contributed by atoms with E-state index in [1.54, 1.807) is 0 Å². The molecule has 1 saturated heterocycles. The summed E-state index contributed by atoms with van der Waals surface area (Å²) >= 11 is 0. The number of H-pyrrole nitrogens is 2. The van der Waals surface area contributed by atoms with Crippen LogP contribution in [0.1, 0.15) is 32.2 Å². The number of benzene rings is 2. The van der Waals surface area contributed by atoms with E-state index < -0.39 is 52.3 Å². The van der Waals surface area contributed by atoms with Gasteiger partial charge in [-0.25, -0.2) is 13.8 Å². The molecule has 0 aliphatic carbocycles. The molecule has 1 fully saturated rings. The van der Waals surface area contributed by atoms with Crippen LogP contribution in [-0.4, -0.2) is 68.2 Å². The first-order chi connectivity index (χ1) is 19.5. The highest BCUT2D eigenvalue weighted by Gasteiger charge is 2.39. The molecule has 16 heteroatoms. The number of imidazole rings is 1. The lowest BCUT2D eigenvalue weighted by atomic mass is 10.0. The minimum Gasteiger partial charge on any atom is -0.508 e. The molecular formula is C26H23ClF5N7O3. The van der Waals surface area contributed by atoms with Gasteiger partial charge in [0.05, 0.1) is 23.0 Å². The van der Waals surface area contributed by atoms with Crippen molar-refractivity contribution in [2.45, 2.75) is 12.7 Å². The average Bonchev–Trinajstić information content (AvgIpc) is 3.60. The number of nitrogens with zero attached hydrogens (tertiary/aromatic N) is 3. The molecule has 4 aromatic rings. The van der Waals surface area contributed by atoms with Crippen molar-refractivity contribution in [3.8, 4) is 28.3 Å². The van der Waals surface area contributed by atoms with Gasteiger partial charge in [-0.3, -0.25) is 14.7 Å². The quantitative estimate of drug-likeness (QED) is 0.210. The zero-order valence-electron chi connectivity index (χ0n) is 21.5. The minimum absolute atomic E-state index is 0. The Kier molecular flexibility index (Phi) is 8.82. The molecule has 0 unspecified atom stereocenters. The van der Waals surface area contributed by atoms with E-state index in [-0.39, 0.29) is 41.6 Å². The molecule has 0 saturated carbocycles. The van der Waals surface area contributed by atoms with E-state index in [4.69, 9.17) is 0 Å². The number of hydrogen-bond acceptors (Lipinski definition) is 6. The van der Waals surface area contributed by atoms with Crippen molar-refractivity contribution in [2.24, 2.45) is 0 Å². The van der Waals surface area contributed by atoms with Crippen molar-refractivity contribution in [3.05, 3.63) is 76.9 Å². The predicted molar refractivity (Wildman–Crippen MR) is 142 cm³/mol. The molecule has 42 heavy (non-hydrogen) atoms. The number of rotatable bonds is 6. The van der Waals surface area contributed by atoms with Crippen molar-refractivity contribution in [3.63, 3.8) is 0 Å². The maximum Gasteiger partial charge on any atom is 0.433 e. The molecule has 3 heterocycles. The smallest absolute Gasteiger partial charge is 0.433 e. The minimum atomic E-state index is -4.91. The summed E-state index contributed by atoms with van der Waals surface area (Å²) in [7, 11) is 0. The second-order valence-corrected chi connectivity index (χ2v) is 9.17. The molecule has 1 aliphatic rings.